The zero-order chi connectivity index (χ0) is 35.5. The van der Waals surface area contributed by atoms with Crippen molar-refractivity contribution < 1.29 is 29.0 Å². The summed E-state index contributed by atoms with van der Waals surface area (Å²) in [6, 6.07) is 20.2. The molecular formula is C39H40N6O6. The van der Waals surface area contributed by atoms with Crippen LogP contribution in [0.2, 0.25) is 0 Å². The SMILES string of the molecule is CN(CCCN(CCOCCO)CCN1C(=O)c2cccc3cccc(c23)C1=O)CCN1C(=O)c2cccc3c(-n4ccnc4)ccc(c23)C1=O. The summed E-state index contributed by atoms with van der Waals surface area (Å²) in [7, 11) is 1.96. The number of rotatable bonds is 16. The van der Waals surface area contributed by atoms with Crippen LogP contribution in [0.1, 0.15) is 47.9 Å². The standard InChI is InChI=1S/C39H40N6O6/c1-41(18-20-44-38(49)31-11-4-8-28-33(43-17-14-40-26-43)13-12-32(35(28)31)39(44)50)15-5-16-42(22-24-51-25-23-46)19-21-45-36(47)29-9-2-6-27-7-3-10-30(34(27)29)37(45)48/h2-4,6-14,17,26,46H,5,15-16,18-25H2,1H3. The Morgan fingerprint density at radius 2 is 1.31 bits per heavy atom. The molecule has 51 heavy (non-hydrogen) atoms. The predicted molar refractivity (Wildman–Crippen MR) is 192 cm³/mol. The van der Waals surface area contributed by atoms with E-state index < -0.39 is 0 Å². The fourth-order valence-electron chi connectivity index (χ4n) is 7.13. The molecule has 4 amide bonds. The molecule has 1 aromatic heterocycles. The Morgan fingerprint density at radius 3 is 1.96 bits per heavy atom. The van der Waals surface area contributed by atoms with Crippen molar-refractivity contribution in [1.29, 1.82) is 0 Å². The largest absolute Gasteiger partial charge is 0.394 e. The van der Waals surface area contributed by atoms with E-state index in [2.05, 4.69) is 14.8 Å². The highest BCUT2D eigenvalue weighted by Gasteiger charge is 2.34. The Kier molecular flexibility index (Phi) is 10.00. The van der Waals surface area contributed by atoms with Crippen LogP contribution in [0.5, 0.6) is 0 Å². The number of carbonyl (C=O) groups excluding carboxylic acids is 4. The molecule has 1 N–H and O–H groups in total. The summed E-state index contributed by atoms with van der Waals surface area (Å²) in [4.78, 5) is 65.2. The first-order chi connectivity index (χ1) is 24.9. The van der Waals surface area contributed by atoms with Gasteiger partial charge in [0.05, 0.1) is 31.8 Å². The van der Waals surface area contributed by atoms with E-state index in [9.17, 15) is 19.2 Å². The summed E-state index contributed by atoms with van der Waals surface area (Å²) in [5, 5.41) is 12.2. The number of imidazole rings is 1. The van der Waals surface area contributed by atoms with E-state index in [4.69, 9.17) is 9.84 Å². The maximum absolute atomic E-state index is 13.6. The van der Waals surface area contributed by atoms with Crippen LogP contribution in [-0.2, 0) is 4.74 Å². The number of benzene rings is 4. The van der Waals surface area contributed by atoms with Gasteiger partial charge in [-0.3, -0.25) is 33.9 Å². The molecule has 0 bridgehead atoms. The summed E-state index contributed by atoms with van der Waals surface area (Å²) in [5.74, 6) is -1.19. The molecule has 12 nitrogen and oxygen atoms in total. The van der Waals surface area contributed by atoms with Gasteiger partial charge in [-0.15, -0.1) is 0 Å². The molecule has 2 aliphatic rings. The zero-order valence-corrected chi connectivity index (χ0v) is 28.5. The number of ether oxygens (including phenoxy) is 1. The molecule has 0 saturated carbocycles. The van der Waals surface area contributed by atoms with Gasteiger partial charge in [0, 0.05) is 83.5 Å². The van der Waals surface area contributed by atoms with Crippen LogP contribution in [0, 0.1) is 0 Å². The monoisotopic (exact) mass is 688 g/mol. The lowest BCUT2D eigenvalue weighted by Crippen LogP contribution is -2.45. The first-order valence-corrected chi connectivity index (χ1v) is 17.2. The highest BCUT2D eigenvalue weighted by atomic mass is 16.5. The molecule has 12 heteroatoms. The summed E-state index contributed by atoms with van der Waals surface area (Å²) >= 11 is 0. The van der Waals surface area contributed by atoms with Crippen molar-refractivity contribution in [2.45, 2.75) is 6.42 Å². The Labute approximate surface area is 295 Å². The molecule has 7 rings (SSSR count). The van der Waals surface area contributed by atoms with E-state index in [1.807, 2.05) is 60.3 Å². The summed E-state index contributed by atoms with van der Waals surface area (Å²) < 4.78 is 7.40. The minimum Gasteiger partial charge on any atom is -0.394 e. The molecule has 3 heterocycles. The van der Waals surface area contributed by atoms with E-state index in [0.717, 1.165) is 22.9 Å². The molecule has 0 aliphatic carbocycles. The van der Waals surface area contributed by atoms with Gasteiger partial charge >= 0.3 is 0 Å². The number of carbonyl (C=O) groups is 4. The van der Waals surface area contributed by atoms with Crippen LogP contribution in [0.4, 0.5) is 0 Å². The second-order valence-corrected chi connectivity index (χ2v) is 12.9. The highest BCUT2D eigenvalue weighted by molar-refractivity contribution is 6.27. The van der Waals surface area contributed by atoms with Crippen LogP contribution >= 0.6 is 0 Å². The minimum absolute atomic E-state index is 0.0676. The fourth-order valence-corrected chi connectivity index (χ4v) is 7.13. The van der Waals surface area contributed by atoms with Crippen molar-refractivity contribution in [2.75, 3.05) is 72.7 Å². The van der Waals surface area contributed by atoms with Gasteiger partial charge in [-0.25, -0.2) is 4.98 Å². The van der Waals surface area contributed by atoms with Crippen LogP contribution < -0.4 is 0 Å². The van der Waals surface area contributed by atoms with Gasteiger partial charge in [-0.1, -0.05) is 36.4 Å². The first kappa shape index (κ1) is 34.2. The average Bonchev–Trinajstić information content (AvgIpc) is 3.69. The van der Waals surface area contributed by atoms with Crippen molar-refractivity contribution in [1.82, 2.24) is 29.2 Å². The quantitative estimate of drug-likeness (QED) is 0.122. The van der Waals surface area contributed by atoms with Gasteiger partial charge in [0.25, 0.3) is 23.6 Å². The number of amides is 4. The van der Waals surface area contributed by atoms with Crippen LogP contribution in [-0.4, -0.2) is 131 Å². The molecule has 262 valence electrons. The van der Waals surface area contributed by atoms with E-state index in [-0.39, 0.29) is 49.9 Å². The van der Waals surface area contributed by atoms with Gasteiger partial charge in [0.15, 0.2) is 0 Å². The first-order valence-electron chi connectivity index (χ1n) is 17.2. The predicted octanol–water partition coefficient (Wildman–Crippen LogP) is 3.70. The number of nitrogens with zero attached hydrogens (tertiary/aromatic N) is 6. The second-order valence-electron chi connectivity index (χ2n) is 12.9. The van der Waals surface area contributed by atoms with Gasteiger partial charge in [0.2, 0.25) is 0 Å². The Morgan fingerprint density at radius 1 is 0.686 bits per heavy atom. The van der Waals surface area contributed by atoms with Gasteiger partial charge in [-0.05, 0) is 62.3 Å². The molecular weight excluding hydrogens is 648 g/mol. The molecule has 5 aromatic rings. The number of hydrogen-bond donors (Lipinski definition) is 1. The Hall–Kier alpha value is -5.27. The number of hydrogen-bond acceptors (Lipinski definition) is 9. The van der Waals surface area contributed by atoms with Gasteiger partial charge in [0.1, 0.15) is 0 Å². The van der Waals surface area contributed by atoms with Crippen molar-refractivity contribution in [3.8, 4) is 5.69 Å². The lowest BCUT2D eigenvalue weighted by molar-refractivity contribution is 0.0551. The third kappa shape index (κ3) is 6.66. The number of aliphatic hydroxyl groups excluding tert-OH is 1. The molecule has 0 fully saturated rings. The molecule has 0 atom stereocenters. The summed E-state index contributed by atoms with van der Waals surface area (Å²) in [6.07, 6.45) is 5.98. The lowest BCUT2D eigenvalue weighted by atomic mass is 9.93. The third-order valence-electron chi connectivity index (χ3n) is 9.75. The van der Waals surface area contributed by atoms with Crippen molar-refractivity contribution in [2.24, 2.45) is 0 Å². The van der Waals surface area contributed by atoms with Gasteiger partial charge in [-0.2, -0.15) is 0 Å². The van der Waals surface area contributed by atoms with Crippen LogP contribution in [0.3, 0.4) is 0 Å². The molecule has 0 radical (unpaired) electrons. The number of aromatic nitrogens is 2. The second kappa shape index (κ2) is 14.9. The maximum Gasteiger partial charge on any atom is 0.261 e. The van der Waals surface area contributed by atoms with Crippen LogP contribution in [0.25, 0.3) is 27.2 Å². The fraction of sp³-hybridized carbons (Fsp3) is 0.308. The maximum atomic E-state index is 13.6. The normalized spacial score (nSPS) is 14.3. The van der Waals surface area contributed by atoms with Crippen molar-refractivity contribution in [3.05, 3.63) is 108 Å². The van der Waals surface area contributed by atoms with E-state index in [1.165, 1.54) is 9.80 Å². The lowest BCUT2D eigenvalue weighted by Gasteiger charge is -2.31. The topological polar surface area (TPSA) is 129 Å². The van der Waals surface area contributed by atoms with Crippen molar-refractivity contribution in [3.63, 3.8) is 0 Å². The zero-order valence-electron chi connectivity index (χ0n) is 28.5. The van der Waals surface area contributed by atoms with Gasteiger partial charge < -0.3 is 19.3 Å². The molecule has 0 spiro atoms. The molecule has 2 aliphatic heterocycles. The highest BCUT2D eigenvalue weighted by Crippen LogP contribution is 2.34. The Bertz CT molecular complexity index is 2040. The number of imide groups is 2. The average molecular weight is 689 g/mol. The summed E-state index contributed by atoms with van der Waals surface area (Å²) in [5.41, 5.74) is 2.95. The molecule has 4 aromatic carbocycles. The van der Waals surface area contributed by atoms with Crippen LogP contribution in [0.15, 0.2) is 85.5 Å². The van der Waals surface area contributed by atoms with E-state index >= 15 is 0 Å². The minimum atomic E-state index is -0.302. The smallest absolute Gasteiger partial charge is 0.261 e. The van der Waals surface area contributed by atoms with Crippen molar-refractivity contribution >= 4 is 45.2 Å². The number of likely N-dealkylation sites (N-methyl/N-ethyl adjacent to an activating group) is 1. The Balaban J connectivity index is 0.956. The molecule has 0 saturated heterocycles. The third-order valence-corrected chi connectivity index (χ3v) is 9.75. The molecule has 0 unspecified atom stereocenters. The van der Waals surface area contributed by atoms with E-state index in [1.54, 1.807) is 36.8 Å². The summed E-state index contributed by atoms with van der Waals surface area (Å²) in [6.45, 7) is 3.94. The number of aliphatic hydroxyl groups is 1. The van der Waals surface area contributed by atoms with E-state index in [0.29, 0.717) is 72.4 Å².